The number of rotatable bonds is 8. The first-order chi connectivity index (χ1) is 17.4. The van der Waals surface area contributed by atoms with E-state index in [2.05, 4.69) is 5.32 Å². The van der Waals surface area contributed by atoms with Gasteiger partial charge in [-0.25, -0.2) is 0 Å². The van der Waals surface area contributed by atoms with Crippen LogP contribution in [-0.2, 0) is 33.2 Å². The third kappa shape index (κ3) is 6.39. The Morgan fingerprint density at radius 3 is 1.78 bits per heavy atom. The summed E-state index contributed by atoms with van der Waals surface area (Å²) in [7, 11) is 1.26. The quantitative estimate of drug-likeness (QED) is 0.138. The van der Waals surface area contributed by atoms with Gasteiger partial charge in [0.25, 0.3) is 0 Å². The Morgan fingerprint density at radius 2 is 1.24 bits per heavy atom. The Hall–Kier alpha value is -1.09. The van der Waals surface area contributed by atoms with E-state index in [0.717, 1.165) is 0 Å². The lowest BCUT2D eigenvalue weighted by molar-refractivity contribution is -0.371. The summed E-state index contributed by atoms with van der Waals surface area (Å²) in [6.45, 7) is 1.21. The lowest BCUT2D eigenvalue weighted by Gasteiger charge is -2.50. The van der Waals surface area contributed by atoms with Gasteiger partial charge in [0, 0.05) is 14.0 Å². The van der Waals surface area contributed by atoms with Crippen molar-refractivity contribution in [1.29, 1.82) is 0 Å². The minimum absolute atomic E-state index is 0.555. The van der Waals surface area contributed by atoms with Gasteiger partial charge in [-0.05, 0) is 6.92 Å². The second kappa shape index (κ2) is 12.8. The van der Waals surface area contributed by atoms with Gasteiger partial charge in [-0.15, -0.1) is 0 Å². The SMILES string of the molecule is CO[C@@H]1O[C@H](CO)[C@@H](O[C@@H]2O[C@@H](C)[C@@H](O)[C@@H](O)[C@@H]2O)[C@H](O[C@@H]2O[C@H](CO)[C@@H](O)[C@H](O)[C@H]2O)[C@H]1NC(C)=O. The summed E-state index contributed by atoms with van der Waals surface area (Å²) in [6.07, 6.45) is -20.8. The van der Waals surface area contributed by atoms with Gasteiger partial charge in [-0.1, -0.05) is 0 Å². The Bertz CT molecular complexity index is 745. The monoisotopic (exact) mass is 543 g/mol. The van der Waals surface area contributed by atoms with Crippen molar-refractivity contribution < 1.29 is 74.1 Å². The van der Waals surface area contributed by atoms with E-state index in [0.29, 0.717) is 0 Å². The molecule has 3 saturated heterocycles. The molecule has 0 aliphatic carbocycles. The van der Waals surface area contributed by atoms with Crippen molar-refractivity contribution in [3.05, 3.63) is 0 Å². The molecule has 16 nitrogen and oxygen atoms in total. The lowest BCUT2D eigenvalue weighted by Crippen LogP contribution is -2.69. The molecule has 216 valence electrons. The van der Waals surface area contributed by atoms with Crippen LogP contribution in [0.5, 0.6) is 0 Å². The van der Waals surface area contributed by atoms with Crippen LogP contribution in [0.4, 0.5) is 0 Å². The summed E-state index contributed by atoms with van der Waals surface area (Å²) >= 11 is 0. The molecule has 3 fully saturated rings. The highest BCUT2D eigenvalue weighted by molar-refractivity contribution is 5.73. The Kier molecular flexibility index (Phi) is 10.6. The van der Waals surface area contributed by atoms with Gasteiger partial charge in [-0.2, -0.15) is 0 Å². The number of carbonyl (C=O) groups is 1. The van der Waals surface area contributed by atoms with Gasteiger partial charge >= 0.3 is 0 Å². The molecule has 9 N–H and O–H groups in total. The van der Waals surface area contributed by atoms with Crippen LogP contribution < -0.4 is 5.32 Å². The molecule has 3 heterocycles. The first kappa shape index (κ1) is 30.5. The number of ether oxygens (including phenoxy) is 6. The first-order valence-electron chi connectivity index (χ1n) is 11.8. The number of amides is 1. The molecule has 0 radical (unpaired) electrons. The fourth-order valence-corrected chi connectivity index (χ4v) is 4.58. The predicted molar refractivity (Wildman–Crippen MR) is 116 cm³/mol. The minimum atomic E-state index is -1.82. The maximum Gasteiger partial charge on any atom is 0.217 e. The van der Waals surface area contributed by atoms with Crippen LogP contribution in [0, 0.1) is 0 Å². The summed E-state index contributed by atoms with van der Waals surface area (Å²) in [5, 5.41) is 83.5. The fourth-order valence-electron chi connectivity index (χ4n) is 4.58. The average Bonchev–Trinajstić information content (AvgIpc) is 2.87. The Morgan fingerprint density at radius 1 is 0.730 bits per heavy atom. The second-order valence-electron chi connectivity index (χ2n) is 9.27. The van der Waals surface area contributed by atoms with Crippen LogP contribution in [0.15, 0.2) is 0 Å². The molecule has 16 heteroatoms. The molecule has 3 aliphatic heterocycles. The number of carbonyl (C=O) groups excluding carboxylic acids is 1. The molecule has 0 unspecified atom stereocenters. The lowest BCUT2D eigenvalue weighted by atomic mass is 9.94. The highest BCUT2D eigenvalue weighted by atomic mass is 16.8. The van der Waals surface area contributed by atoms with Gasteiger partial charge in [0.1, 0.15) is 67.1 Å². The molecule has 3 aliphatic rings. The zero-order valence-electron chi connectivity index (χ0n) is 20.5. The maximum absolute atomic E-state index is 12.0. The number of nitrogens with one attached hydrogen (secondary N) is 1. The summed E-state index contributed by atoms with van der Waals surface area (Å²) in [5.74, 6) is -0.555. The van der Waals surface area contributed by atoms with E-state index in [4.69, 9.17) is 28.4 Å². The van der Waals surface area contributed by atoms with E-state index < -0.39 is 111 Å². The average molecular weight is 544 g/mol. The minimum Gasteiger partial charge on any atom is -0.394 e. The first-order valence-corrected chi connectivity index (χ1v) is 11.8. The van der Waals surface area contributed by atoms with Gasteiger partial charge in [-0.3, -0.25) is 4.79 Å². The molecule has 0 aromatic carbocycles. The van der Waals surface area contributed by atoms with Crippen LogP contribution in [0.2, 0.25) is 0 Å². The smallest absolute Gasteiger partial charge is 0.217 e. The fraction of sp³-hybridized carbons (Fsp3) is 0.952. The summed E-state index contributed by atoms with van der Waals surface area (Å²) in [6, 6.07) is -1.18. The van der Waals surface area contributed by atoms with Crippen molar-refractivity contribution in [3.8, 4) is 0 Å². The van der Waals surface area contributed by atoms with Crippen LogP contribution in [0.3, 0.4) is 0 Å². The normalized spacial score (nSPS) is 49.0. The molecule has 0 spiro atoms. The van der Waals surface area contributed by atoms with Crippen molar-refractivity contribution in [1.82, 2.24) is 5.32 Å². The van der Waals surface area contributed by atoms with E-state index in [9.17, 15) is 45.6 Å². The number of hydrogen-bond donors (Lipinski definition) is 9. The highest BCUT2D eigenvalue weighted by Gasteiger charge is 2.54. The van der Waals surface area contributed by atoms with Gasteiger partial charge in [0.2, 0.25) is 5.91 Å². The molecule has 0 aromatic heterocycles. The van der Waals surface area contributed by atoms with Crippen molar-refractivity contribution in [2.75, 3.05) is 20.3 Å². The molecule has 1 amide bonds. The maximum atomic E-state index is 12.0. The summed E-state index contributed by atoms with van der Waals surface area (Å²) in [5.41, 5.74) is 0. The number of methoxy groups -OCH3 is 1. The van der Waals surface area contributed by atoms with E-state index in [1.54, 1.807) is 0 Å². The molecule has 15 atom stereocenters. The van der Waals surface area contributed by atoms with Crippen LogP contribution in [0.1, 0.15) is 13.8 Å². The van der Waals surface area contributed by atoms with Crippen molar-refractivity contribution in [2.45, 2.75) is 106 Å². The van der Waals surface area contributed by atoms with Crippen LogP contribution in [0.25, 0.3) is 0 Å². The van der Waals surface area contributed by atoms with Gasteiger partial charge < -0.3 is 74.6 Å². The standard InChI is InChI=1S/C21H37NO15/c1-6-11(26)13(28)15(30)20(33-6)36-17-9(5-24)35-19(32-3)10(22-7(2)25)18(17)37-21-16(31)14(29)12(27)8(4-23)34-21/h6,8-21,23-24,26-31H,4-5H2,1-3H3,(H,22,25)/t6-,8+,9+,10+,11+,12+,13+,14-,15-,16+,17+,18+,19+,20-,21-/m0/s1. The van der Waals surface area contributed by atoms with Gasteiger partial charge in [0.05, 0.1) is 19.3 Å². The number of aliphatic hydroxyl groups excluding tert-OH is 8. The summed E-state index contributed by atoms with van der Waals surface area (Å²) < 4.78 is 33.7. The number of aliphatic hydroxyl groups is 8. The number of hydrogen-bond acceptors (Lipinski definition) is 15. The molecule has 0 bridgehead atoms. The Balaban J connectivity index is 1.95. The molecular formula is C21H37NO15. The molecule has 37 heavy (non-hydrogen) atoms. The molecular weight excluding hydrogens is 506 g/mol. The third-order valence-electron chi connectivity index (χ3n) is 6.67. The van der Waals surface area contributed by atoms with Crippen molar-refractivity contribution in [2.24, 2.45) is 0 Å². The van der Waals surface area contributed by atoms with E-state index in [1.165, 1.54) is 21.0 Å². The topological polar surface area (TPSA) is 246 Å². The van der Waals surface area contributed by atoms with E-state index in [-0.39, 0.29) is 0 Å². The predicted octanol–water partition coefficient (Wildman–Crippen LogP) is -5.75. The third-order valence-corrected chi connectivity index (χ3v) is 6.67. The molecule has 0 aromatic rings. The highest BCUT2D eigenvalue weighted by Crippen LogP contribution is 2.33. The molecule has 3 rings (SSSR count). The Labute approximate surface area is 212 Å². The van der Waals surface area contributed by atoms with Crippen molar-refractivity contribution >= 4 is 5.91 Å². The largest absolute Gasteiger partial charge is 0.394 e. The zero-order valence-corrected chi connectivity index (χ0v) is 20.5. The zero-order chi connectivity index (χ0) is 27.6. The van der Waals surface area contributed by atoms with Crippen LogP contribution >= 0.6 is 0 Å². The second-order valence-corrected chi connectivity index (χ2v) is 9.27. The van der Waals surface area contributed by atoms with Gasteiger partial charge in [0.15, 0.2) is 18.9 Å². The van der Waals surface area contributed by atoms with Crippen molar-refractivity contribution in [3.63, 3.8) is 0 Å². The van der Waals surface area contributed by atoms with E-state index >= 15 is 0 Å². The van der Waals surface area contributed by atoms with E-state index in [1.807, 2.05) is 0 Å². The van der Waals surface area contributed by atoms with Crippen LogP contribution in [-0.4, -0.2) is 159 Å². The summed E-state index contributed by atoms with van der Waals surface area (Å²) in [4.78, 5) is 12.0. The molecule has 0 saturated carbocycles.